The van der Waals surface area contributed by atoms with E-state index in [1.54, 1.807) is 6.20 Å². The monoisotopic (exact) mass is 342 g/mol. The molecule has 0 aliphatic carbocycles. The van der Waals surface area contributed by atoms with Crippen LogP contribution >= 0.6 is 15.9 Å². The zero-order valence-corrected chi connectivity index (χ0v) is 13.9. The number of nitrogens with one attached hydrogen (secondary N) is 1. The zero-order chi connectivity index (χ0) is 15.2. The maximum absolute atomic E-state index is 11.9. The molecule has 0 fully saturated rings. The largest absolute Gasteiger partial charge is 0.330 e. The highest BCUT2D eigenvalue weighted by Gasteiger charge is 2.24. The Balaban J connectivity index is 2.47. The lowest BCUT2D eigenvalue weighted by molar-refractivity contribution is -0.116. The minimum absolute atomic E-state index is 0.0344. The summed E-state index contributed by atoms with van der Waals surface area (Å²) in [6.45, 7) is 7.21. The van der Waals surface area contributed by atoms with Crippen LogP contribution in [-0.2, 0) is 4.79 Å². The molecule has 0 spiro atoms. The maximum Gasteiger partial charge on any atom is 0.225 e. The number of amides is 1. The summed E-state index contributed by atoms with van der Waals surface area (Å²) in [6.07, 6.45) is 5.33. The van der Waals surface area contributed by atoms with Crippen molar-refractivity contribution in [3.63, 3.8) is 0 Å². The van der Waals surface area contributed by atoms with Crippen LogP contribution in [0.4, 0.5) is 5.82 Å². The highest BCUT2D eigenvalue weighted by Crippen LogP contribution is 2.32. The van der Waals surface area contributed by atoms with Crippen LogP contribution in [0.15, 0.2) is 17.0 Å². The van der Waals surface area contributed by atoms with Crippen LogP contribution in [-0.4, -0.2) is 22.4 Å². The predicted octanol–water partition coefficient (Wildman–Crippen LogP) is 2.97. The van der Waals surface area contributed by atoms with Gasteiger partial charge in [0.25, 0.3) is 0 Å². The molecule has 3 N–H and O–H groups in total. The molecule has 1 unspecified atom stereocenters. The standard InChI is InChI=1S/C14H23BrN4O/c1-14(2,3)10(6-7-16)4-5-13(20)19-12-9-17-11(15)8-18-12/h8-10H,4-7,16H2,1-3H3,(H,18,19,20). The molecule has 5 nitrogen and oxygen atoms in total. The molecule has 0 saturated heterocycles. The quantitative estimate of drug-likeness (QED) is 0.832. The van der Waals surface area contributed by atoms with Crippen molar-refractivity contribution in [2.45, 2.75) is 40.0 Å². The summed E-state index contributed by atoms with van der Waals surface area (Å²) >= 11 is 3.20. The number of anilines is 1. The van der Waals surface area contributed by atoms with E-state index in [0.717, 1.165) is 12.8 Å². The molecule has 1 heterocycles. The van der Waals surface area contributed by atoms with Crippen LogP contribution in [0.3, 0.4) is 0 Å². The lowest BCUT2D eigenvalue weighted by Crippen LogP contribution is -2.25. The Morgan fingerprint density at radius 1 is 1.35 bits per heavy atom. The second-order valence-corrected chi connectivity index (χ2v) is 6.76. The second-order valence-electron chi connectivity index (χ2n) is 5.95. The summed E-state index contributed by atoms with van der Waals surface area (Å²) in [4.78, 5) is 20.0. The summed E-state index contributed by atoms with van der Waals surface area (Å²) in [5, 5.41) is 2.75. The third-order valence-electron chi connectivity index (χ3n) is 3.35. The van der Waals surface area contributed by atoms with Gasteiger partial charge in [0, 0.05) is 6.42 Å². The van der Waals surface area contributed by atoms with Gasteiger partial charge in [-0.1, -0.05) is 20.8 Å². The fourth-order valence-corrected chi connectivity index (χ4v) is 2.30. The van der Waals surface area contributed by atoms with Gasteiger partial charge in [0.05, 0.1) is 12.4 Å². The van der Waals surface area contributed by atoms with Crippen LogP contribution in [0.1, 0.15) is 40.0 Å². The molecule has 1 aromatic rings. The number of nitrogens with zero attached hydrogens (tertiary/aromatic N) is 2. The highest BCUT2D eigenvalue weighted by molar-refractivity contribution is 9.10. The van der Waals surface area contributed by atoms with Gasteiger partial charge in [-0.15, -0.1) is 0 Å². The highest BCUT2D eigenvalue weighted by atomic mass is 79.9. The third-order valence-corrected chi connectivity index (χ3v) is 3.76. The Morgan fingerprint density at radius 3 is 2.55 bits per heavy atom. The van der Waals surface area contributed by atoms with E-state index in [9.17, 15) is 4.79 Å². The Hall–Kier alpha value is -1.01. The SMILES string of the molecule is CC(C)(C)C(CCN)CCC(=O)Nc1cnc(Br)cn1. The topological polar surface area (TPSA) is 80.9 Å². The van der Waals surface area contributed by atoms with Crippen molar-refractivity contribution in [1.29, 1.82) is 0 Å². The van der Waals surface area contributed by atoms with Gasteiger partial charge in [0.15, 0.2) is 5.82 Å². The van der Waals surface area contributed by atoms with E-state index in [4.69, 9.17) is 5.73 Å². The van der Waals surface area contributed by atoms with Gasteiger partial charge in [-0.05, 0) is 46.6 Å². The number of hydrogen-bond donors (Lipinski definition) is 2. The third kappa shape index (κ3) is 5.96. The molecule has 20 heavy (non-hydrogen) atoms. The van der Waals surface area contributed by atoms with Crippen molar-refractivity contribution in [1.82, 2.24) is 9.97 Å². The molecule has 112 valence electrons. The van der Waals surface area contributed by atoms with Gasteiger partial charge in [0.2, 0.25) is 5.91 Å². The number of nitrogens with two attached hydrogens (primary N) is 1. The molecule has 6 heteroatoms. The Bertz CT molecular complexity index is 428. The van der Waals surface area contributed by atoms with Crippen LogP contribution in [0.25, 0.3) is 0 Å². The maximum atomic E-state index is 11.9. The van der Waals surface area contributed by atoms with Crippen molar-refractivity contribution in [3.8, 4) is 0 Å². The number of halogens is 1. The molecule has 1 aromatic heterocycles. The first-order valence-electron chi connectivity index (χ1n) is 6.80. The predicted molar refractivity (Wildman–Crippen MR) is 84.2 cm³/mol. The van der Waals surface area contributed by atoms with Gasteiger partial charge >= 0.3 is 0 Å². The zero-order valence-electron chi connectivity index (χ0n) is 12.3. The minimum Gasteiger partial charge on any atom is -0.330 e. The van der Waals surface area contributed by atoms with Gasteiger partial charge in [-0.25, -0.2) is 9.97 Å². The summed E-state index contributed by atoms with van der Waals surface area (Å²) in [6, 6.07) is 0. The number of carbonyl (C=O) groups excluding carboxylic acids is 1. The van der Waals surface area contributed by atoms with Crippen LogP contribution < -0.4 is 11.1 Å². The van der Waals surface area contributed by atoms with E-state index in [1.807, 2.05) is 0 Å². The van der Waals surface area contributed by atoms with E-state index in [-0.39, 0.29) is 11.3 Å². The molecule has 0 aliphatic rings. The number of carbonyl (C=O) groups is 1. The average molecular weight is 343 g/mol. The smallest absolute Gasteiger partial charge is 0.225 e. The molecule has 0 aliphatic heterocycles. The molecule has 1 rings (SSSR count). The lowest BCUT2D eigenvalue weighted by atomic mass is 9.76. The van der Waals surface area contributed by atoms with Crippen molar-refractivity contribution < 1.29 is 4.79 Å². The van der Waals surface area contributed by atoms with Gasteiger partial charge in [-0.2, -0.15) is 0 Å². The average Bonchev–Trinajstić information content (AvgIpc) is 2.36. The first kappa shape index (κ1) is 17.0. The van der Waals surface area contributed by atoms with E-state index in [0.29, 0.717) is 29.3 Å². The number of rotatable bonds is 6. The van der Waals surface area contributed by atoms with E-state index in [1.165, 1.54) is 6.20 Å². The molecule has 1 amide bonds. The molecule has 0 aromatic carbocycles. The van der Waals surface area contributed by atoms with Crippen LogP contribution in [0, 0.1) is 11.3 Å². The minimum atomic E-state index is -0.0344. The van der Waals surface area contributed by atoms with Crippen molar-refractivity contribution in [2.24, 2.45) is 17.1 Å². The number of aromatic nitrogens is 2. The van der Waals surface area contributed by atoms with Crippen molar-refractivity contribution in [2.75, 3.05) is 11.9 Å². The van der Waals surface area contributed by atoms with Gasteiger partial charge in [0.1, 0.15) is 4.60 Å². The summed E-state index contributed by atoms with van der Waals surface area (Å²) in [5.41, 5.74) is 5.81. The van der Waals surface area contributed by atoms with Crippen molar-refractivity contribution in [3.05, 3.63) is 17.0 Å². The molecular weight excluding hydrogens is 320 g/mol. The Labute approximate surface area is 128 Å². The fourth-order valence-electron chi connectivity index (χ4n) is 2.10. The Morgan fingerprint density at radius 2 is 2.05 bits per heavy atom. The first-order valence-corrected chi connectivity index (χ1v) is 7.59. The number of hydrogen-bond acceptors (Lipinski definition) is 4. The van der Waals surface area contributed by atoms with Gasteiger partial charge < -0.3 is 11.1 Å². The summed E-state index contributed by atoms with van der Waals surface area (Å²) in [7, 11) is 0. The molecule has 1 atom stereocenters. The summed E-state index contributed by atoms with van der Waals surface area (Å²) in [5.74, 6) is 0.881. The molecular formula is C14H23BrN4O. The second kappa shape index (κ2) is 7.69. The molecule has 0 bridgehead atoms. The fraction of sp³-hybridized carbons (Fsp3) is 0.643. The first-order chi connectivity index (χ1) is 9.32. The van der Waals surface area contributed by atoms with Gasteiger partial charge in [-0.3, -0.25) is 4.79 Å². The summed E-state index contributed by atoms with van der Waals surface area (Å²) < 4.78 is 0.645. The van der Waals surface area contributed by atoms with Crippen LogP contribution in [0.2, 0.25) is 0 Å². The normalized spacial score (nSPS) is 13.1. The van der Waals surface area contributed by atoms with E-state index < -0.39 is 0 Å². The van der Waals surface area contributed by atoms with E-state index >= 15 is 0 Å². The van der Waals surface area contributed by atoms with Crippen molar-refractivity contribution >= 4 is 27.7 Å². The molecule has 0 saturated carbocycles. The Kier molecular flexibility index (Phi) is 6.55. The molecule has 0 radical (unpaired) electrons. The lowest BCUT2D eigenvalue weighted by Gasteiger charge is -2.30. The van der Waals surface area contributed by atoms with E-state index in [2.05, 4.69) is 52.0 Å². The van der Waals surface area contributed by atoms with Crippen LogP contribution in [0.5, 0.6) is 0 Å².